The van der Waals surface area contributed by atoms with Gasteiger partial charge in [-0.25, -0.2) is 0 Å². The molecule has 1 saturated carbocycles. The van der Waals surface area contributed by atoms with E-state index in [1.54, 1.807) is 0 Å². The Morgan fingerprint density at radius 2 is 1.65 bits per heavy atom. The number of ether oxygens (including phenoxy) is 1. The highest BCUT2D eigenvalue weighted by Gasteiger charge is 2.31. The average Bonchev–Trinajstić information content (AvgIpc) is 3.14. The highest BCUT2D eigenvalue weighted by Crippen LogP contribution is 2.36. The molecule has 0 spiro atoms. The van der Waals surface area contributed by atoms with E-state index >= 15 is 0 Å². The van der Waals surface area contributed by atoms with Crippen LogP contribution < -0.4 is 21.1 Å². The van der Waals surface area contributed by atoms with Crippen LogP contribution in [0.15, 0.2) is 54.6 Å². The SMILES string of the molecule is NCC1(CNCC(=O)Nc2ccc(Oc3ccccc3)cc2)CCCC1. The summed E-state index contributed by atoms with van der Waals surface area (Å²) in [6.07, 6.45) is 4.78. The normalized spacial score (nSPS) is 15.6. The number of nitrogens with one attached hydrogen (secondary N) is 2. The predicted octanol–water partition coefficient (Wildman–Crippen LogP) is 3.53. The van der Waals surface area contributed by atoms with Crippen molar-refractivity contribution in [3.8, 4) is 11.5 Å². The molecular weight excluding hydrogens is 326 g/mol. The fraction of sp³-hybridized carbons (Fsp3) is 0.381. The Labute approximate surface area is 154 Å². The Morgan fingerprint density at radius 1 is 1.00 bits per heavy atom. The first-order chi connectivity index (χ1) is 12.7. The number of para-hydroxylation sites is 1. The van der Waals surface area contributed by atoms with E-state index in [0.29, 0.717) is 13.1 Å². The largest absolute Gasteiger partial charge is 0.457 e. The van der Waals surface area contributed by atoms with E-state index < -0.39 is 0 Å². The molecule has 1 aliphatic carbocycles. The van der Waals surface area contributed by atoms with Crippen molar-refractivity contribution in [1.82, 2.24) is 5.32 Å². The van der Waals surface area contributed by atoms with Gasteiger partial charge in [-0.1, -0.05) is 31.0 Å². The van der Waals surface area contributed by atoms with E-state index in [-0.39, 0.29) is 11.3 Å². The van der Waals surface area contributed by atoms with Crippen LogP contribution in [0.3, 0.4) is 0 Å². The van der Waals surface area contributed by atoms with Gasteiger partial charge in [-0.3, -0.25) is 4.79 Å². The van der Waals surface area contributed by atoms with Crippen molar-refractivity contribution in [2.45, 2.75) is 25.7 Å². The maximum Gasteiger partial charge on any atom is 0.238 e. The van der Waals surface area contributed by atoms with Crippen molar-refractivity contribution in [3.63, 3.8) is 0 Å². The highest BCUT2D eigenvalue weighted by molar-refractivity contribution is 5.92. The summed E-state index contributed by atoms with van der Waals surface area (Å²) in [6.45, 7) is 1.79. The summed E-state index contributed by atoms with van der Waals surface area (Å²) in [7, 11) is 0. The summed E-state index contributed by atoms with van der Waals surface area (Å²) in [4.78, 5) is 12.1. The number of anilines is 1. The van der Waals surface area contributed by atoms with Crippen molar-refractivity contribution in [2.24, 2.45) is 11.1 Å². The Morgan fingerprint density at radius 3 is 2.31 bits per heavy atom. The fourth-order valence-electron chi connectivity index (χ4n) is 3.46. The van der Waals surface area contributed by atoms with Gasteiger partial charge in [0.25, 0.3) is 0 Å². The van der Waals surface area contributed by atoms with Crippen LogP contribution in [0.5, 0.6) is 11.5 Å². The van der Waals surface area contributed by atoms with E-state index in [0.717, 1.165) is 36.6 Å². The summed E-state index contributed by atoms with van der Waals surface area (Å²) >= 11 is 0. The van der Waals surface area contributed by atoms with E-state index in [9.17, 15) is 4.79 Å². The van der Waals surface area contributed by atoms with Gasteiger partial charge in [-0.2, -0.15) is 0 Å². The average molecular weight is 353 g/mol. The first-order valence-corrected chi connectivity index (χ1v) is 9.23. The minimum absolute atomic E-state index is 0.0492. The van der Waals surface area contributed by atoms with Crippen molar-refractivity contribution in [3.05, 3.63) is 54.6 Å². The second-order valence-electron chi connectivity index (χ2n) is 7.00. The quantitative estimate of drug-likeness (QED) is 0.679. The molecule has 0 bridgehead atoms. The molecule has 0 atom stereocenters. The van der Waals surface area contributed by atoms with Crippen LogP contribution in [-0.4, -0.2) is 25.5 Å². The number of benzene rings is 2. The number of nitrogens with two attached hydrogens (primary N) is 1. The smallest absolute Gasteiger partial charge is 0.238 e. The molecule has 1 aliphatic rings. The Bertz CT molecular complexity index is 695. The number of rotatable bonds is 8. The molecule has 0 heterocycles. The van der Waals surface area contributed by atoms with Crippen LogP contribution >= 0.6 is 0 Å². The third kappa shape index (κ3) is 5.07. The maximum absolute atomic E-state index is 12.1. The molecule has 0 radical (unpaired) electrons. The van der Waals surface area contributed by atoms with Gasteiger partial charge in [0.2, 0.25) is 5.91 Å². The van der Waals surface area contributed by atoms with E-state index in [1.807, 2.05) is 54.6 Å². The summed E-state index contributed by atoms with van der Waals surface area (Å²) in [5, 5.41) is 6.17. The van der Waals surface area contributed by atoms with Gasteiger partial charge in [0, 0.05) is 12.2 Å². The molecular formula is C21H27N3O2. The Balaban J connectivity index is 1.44. The molecule has 1 fully saturated rings. The van der Waals surface area contributed by atoms with Crippen LogP contribution in [0, 0.1) is 5.41 Å². The van der Waals surface area contributed by atoms with Crippen molar-refractivity contribution in [2.75, 3.05) is 25.0 Å². The van der Waals surface area contributed by atoms with Crippen molar-refractivity contribution in [1.29, 1.82) is 0 Å². The molecule has 138 valence electrons. The van der Waals surface area contributed by atoms with E-state index in [1.165, 1.54) is 12.8 Å². The van der Waals surface area contributed by atoms with Crippen LogP contribution in [0.1, 0.15) is 25.7 Å². The maximum atomic E-state index is 12.1. The van der Waals surface area contributed by atoms with E-state index in [4.69, 9.17) is 10.5 Å². The topological polar surface area (TPSA) is 76.4 Å². The van der Waals surface area contributed by atoms with Gasteiger partial charge in [-0.05, 0) is 61.2 Å². The van der Waals surface area contributed by atoms with E-state index in [2.05, 4.69) is 10.6 Å². The lowest BCUT2D eigenvalue weighted by Gasteiger charge is -2.27. The van der Waals surface area contributed by atoms with Gasteiger partial charge in [0.15, 0.2) is 0 Å². The number of carbonyl (C=O) groups is 1. The monoisotopic (exact) mass is 353 g/mol. The second kappa shape index (κ2) is 8.83. The first kappa shape index (κ1) is 18.4. The van der Waals surface area contributed by atoms with Crippen LogP contribution in [0.4, 0.5) is 5.69 Å². The summed E-state index contributed by atoms with van der Waals surface area (Å²) in [5.41, 5.74) is 6.86. The lowest BCUT2D eigenvalue weighted by molar-refractivity contribution is -0.115. The molecule has 2 aromatic rings. The summed E-state index contributed by atoms with van der Waals surface area (Å²) < 4.78 is 5.75. The molecule has 2 aromatic carbocycles. The van der Waals surface area contributed by atoms with Crippen LogP contribution in [-0.2, 0) is 4.79 Å². The van der Waals surface area contributed by atoms with Gasteiger partial charge in [-0.15, -0.1) is 0 Å². The van der Waals surface area contributed by atoms with Gasteiger partial charge >= 0.3 is 0 Å². The molecule has 3 rings (SSSR count). The number of hydrogen-bond acceptors (Lipinski definition) is 4. The lowest BCUT2D eigenvalue weighted by atomic mass is 9.86. The third-order valence-corrected chi connectivity index (χ3v) is 5.00. The number of carbonyl (C=O) groups excluding carboxylic acids is 1. The van der Waals surface area contributed by atoms with Crippen LogP contribution in [0.25, 0.3) is 0 Å². The van der Waals surface area contributed by atoms with Gasteiger partial charge in [0.1, 0.15) is 11.5 Å². The lowest BCUT2D eigenvalue weighted by Crippen LogP contribution is -2.41. The van der Waals surface area contributed by atoms with Crippen LogP contribution in [0.2, 0.25) is 0 Å². The Hall–Kier alpha value is -2.37. The second-order valence-corrected chi connectivity index (χ2v) is 7.00. The van der Waals surface area contributed by atoms with Crippen molar-refractivity contribution >= 4 is 11.6 Å². The summed E-state index contributed by atoms with van der Waals surface area (Å²) in [5.74, 6) is 1.47. The number of amides is 1. The molecule has 26 heavy (non-hydrogen) atoms. The van der Waals surface area contributed by atoms with Crippen molar-refractivity contribution < 1.29 is 9.53 Å². The summed E-state index contributed by atoms with van der Waals surface area (Å²) in [6, 6.07) is 17.0. The fourth-order valence-corrected chi connectivity index (χ4v) is 3.46. The first-order valence-electron chi connectivity index (χ1n) is 9.23. The van der Waals surface area contributed by atoms with Gasteiger partial charge in [0.05, 0.1) is 6.54 Å². The minimum atomic E-state index is -0.0492. The molecule has 0 saturated heterocycles. The minimum Gasteiger partial charge on any atom is -0.457 e. The highest BCUT2D eigenvalue weighted by atomic mass is 16.5. The standard InChI is InChI=1S/C21H27N3O2/c22-15-21(12-4-5-13-21)16-23-14-20(25)24-17-8-10-19(11-9-17)26-18-6-2-1-3-7-18/h1-3,6-11,23H,4-5,12-16,22H2,(H,24,25). The Kier molecular flexibility index (Phi) is 6.26. The molecule has 5 nitrogen and oxygen atoms in total. The molecule has 0 unspecified atom stereocenters. The van der Waals surface area contributed by atoms with Gasteiger partial charge < -0.3 is 21.1 Å². The molecule has 0 aromatic heterocycles. The zero-order chi connectivity index (χ0) is 18.2. The molecule has 5 heteroatoms. The predicted molar refractivity (Wildman–Crippen MR) is 104 cm³/mol. The third-order valence-electron chi connectivity index (χ3n) is 5.00. The molecule has 0 aliphatic heterocycles. The zero-order valence-electron chi connectivity index (χ0n) is 15.0. The molecule has 1 amide bonds. The zero-order valence-corrected chi connectivity index (χ0v) is 15.0. The number of hydrogen-bond donors (Lipinski definition) is 3. The molecule has 4 N–H and O–H groups in total.